The van der Waals surface area contributed by atoms with E-state index in [9.17, 15) is 12.8 Å². The number of hydrogen-bond donors (Lipinski definition) is 1. The maximum absolute atomic E-state index is 14.0. The van der Waals surface area contributed by atoms with Crippen LogP contribution in [0.1, 0.15) is 6.42 Å². The van der Waals surface area contributed by atoms with Gasteiger partial charge in [-0.1, -0.05) is 18.2 Å². The molecule has 0 spiro atoms. The van der Waals surface area contributed by atoms with Gasteiger partial charge in [-0.25, -0.2) is 27.8 Å². The van der Waals surface area contributed by atoms with Gasteiger partial charge in [0.15, 0.2) is 26.4 Å². The summed E-state index contributed by atoms with van der Waals surface area (Å²) >= 11 is 1.48. The number of hydrogen-bond acceptors (Lipinski definition) is 8. The van der Waals surface area contributed by atoms with E-state index in [-0.39, 0.29) is 11.5 Å². The third-order valence-corrected chi connectivity index (χ3v) is 8.13. The number of halogens is 1. The Hall–Kier alpha value is -3.83. The van der Waals surface area contributed by atoms with Crippen molar-refractivity contribution in [3.05, 3.63) is 78.2 Å². The molecule has 2 aromatic carbocycles. The molecule has 3 heterocycles. The lowest BCUT2D eigenvalue weighted by atomic mass is 10.1. The number of methoxy groups -OCH3 is 1. The maximum Gasteiger partial charge on any atom is 0.223 e. The molecule has 36 heavy (non-hydrogen) atoms. The van der Waals surface area contributed by atoms with E-state index in [4.69, 9.17) is 9.72 Å². The zero-order valence-corrected chi connectivity index (χ0v) is 20.9. The molecule has 3 aromatic heterocycles. The van der Waals surface area contributed by atoms with Crippen LogP contribution in [-0.2, 0) is 9.84 Å². The summed E-state index contributed by atoms with van der Waals surface area (Å²) < 4.78 is 46.1. The van der Waals surface area contributed by atoms with Gasteiger partial charge in [0, 0.05) is 29.9 Å². The summed E-state index contributed by atoms with van der Waals surface area (Å²) in [5.74, 6) is 0.0626. The monoisotopic (exact) mass is 523 g/mol. The van der Waals surface area contributed by atoms with Gasteiger partial charge in [-0.15, -0.1) is 11.3 Å². The number of nitrogens with zero attached hydrogens (tertiary/aromatic N) is 4. The van der Waals surface area contributed by atoms with E-state index < -0.39 is 15.7 Å². The van der Waals surface area contributed by atoms with Crippen LogP contribution >= 0.6 is 11.3 Å². The minimum absolute atomic E-state index is 0.0123. The topological polar surface area (TPSA) is 98.5 Å². The molecule has 0 bridgehead atoms. The van der Waals surface area contributed by atoms with Crippen molar-refractivity contribution in [2.45, 2.75) is 11.3 Å². The van der Waals surface area contributed by atoms with Gasteiger partial charge < -0.3 is 10.1 Å². The smallest absolute Gasteiger partial charge is 0.223 e. The van der Waals surface area contributed by atoms with E-state index in [1.54, 1.807) is 54.7 Å². The lowest BCUT2D eigenvalue weighted by molar-refractivity contribution is 0.387. The normalized spacial score (nSPS) is 11.6. The summed E-state index contributed by atoms with van der Waals surface area (Å²) in [5.41, 5.74) is 2.68. The van der Waals surface area contributed by atoms with Crippen molar-refractivity contribution >= 4 is 32.1 Å². The summed E-state index contributed by atoms with van der Waals surface area (Å²) in [4.78, 5) is 14.8. The molecule has 0 fully saturated rings. The fraction of sp³-hybridized carbons (Fsp3) is 0.160. The highest BCUT2D eigenvalue weighted by molar-refractivity contribution is 7.91. The maximum atomic E-state index is 14.0. The molecule has 184 valence electrons. The second-order valence-corrected chi connectivity index (χ2v) is 10.9. The van der Waals surface area contributed by atoms with Crippen LogP contribution in [0.5, 0.6) is 5.75 Å². The first-order chi connectivity index (χ1) is 17.5. The van der Waals surface area contributed by atoms with Crippen molar-refractivity contribution < 1.29 is 17.5 Å². The molecule has 0 saturated heterocycles. The first kappa shape index (κ1) is 23.9. The highest BCUT2D eigenvalue weighted by atomic mass is 32.2. The van der Waals surface area contributed by atoms with Crippen LogP contribution in [0.25, 0.3) is 27.6 Å². The molecule has 5 aromatic rings. The van der Waals surface area contributed by atoms with Crippen molar-refractivity contribution in [2.24, 2.45) is 0 Å². The van der Waals surface area contributed by atoms with E-state index in [1.165, 1.54) is 24.5 Å². The minimum Gasteiger partial charge on any atom is -0.494 e. The van der Waals surface area contributed by atoms with Crippen molar-refractivity contribution in [2.75, 3.05) is 24.7 Å². The van der Waals surface area contributed by atoms with Crippen LogP contribution in [-0.4, -0.2) is 47.2 Å². The fourth-order valence-corrected chi connectivity index (χ4v) is 5.87. The number of ether oxygens (including phenoxy) is 1. The minimum atomic E-state index is -3.35. The summed E-state index contributed by atoms with van der Waals surface area (Å²) in [6.45, 7) is 0.387. The second kappa shape index (κ2) is 10.0. The first-order valence-electron chi connectivity index (χ1n) is 11.1. The van der Waals surface area contributed by atoms with Crippen molar-refractivity contribution in [1.29, 1.82) is 0 Å². The number of benzene rings is 2. The second-order valence-electron chi connectivity index (χ2n) is 7.89. The van der Waals surface area contributed by atoms with Crippen molar-refractivity contribution in [3.8, 4) is 28.4 Å². The van der Waals surface area contributed by atoms with Gasteiger partial charge in [-0.2, -0.15) is 0 Å². The number of imidazole rings is 1. The molecule has 5 rings (SSSR count). The number of thiazole rings is 1. The van der Waals surface area contributed by atoms with E-state index >= 15 is 0 Å². The van der Waals surface area contributed by atoms with Crippen LogP contribution in [0.2, 0.25) is 0 Å². The van der Waals surface area contributed by atoms with E-state index in [0.717, 1.165) is 10.7 Å². The average molecular weight is 524 g/mol. The summed E-state index contributed by atoms with van der Waals surface area (Å²) in [5, 5.41) is 5.04. The number of anilines is 1. The third-order valence-electron chi connectivity index (χ3n) is 5.56. The highest BCUT2D eigenvalue weighted by Crippen LogP contribution is 2.35. The molecule has 8 nitrogen and oxygen atoms in total. The Morgan fingerprint density at radius 3 is 2.75 bits per heavy atom. The van der Waals surface area contributed by atoms with Crippen LogP contribution < -0.4 is 10.1 Å². The fourth-order valence-electron chi connectivity index (χ4n) is 3.82. The zero-order valence-electron chi connectivity index (χ0n) is 19.3. The molecule has 0 unspecified atom stereocenters. The Bertz CT molecular complexity index is 1620. The van der Waals surface area contributed by atoms with Crippen LogP contribution in [0, 0.1) is 5.82 Å². The Morgan fingerprint density at radius 1 is 1.11 bits per heavy atom. The van der Waals surface area contributed by atoms with Gasteiger partial charge in [-0.05, 0) is 42.8 Å². The number of sulfone groups is 1. The van der Waals surface area contributed by atoms with Gasteiger partial charge in [0.05, 0.1) is 29.1 Å². The van der Waals surface area contributed by atoms with E-state index in [1.807, 2.05) is 16.0 Å². The third kappa shape index (κ3) is 4.79. The predicted molar refractivity (Wildman–Crippen MR) is 138 cm³/mol. The summed E-state index contributed by atoms with van der Waals surface area (Å²) in [6, 6.07) is 14.8. The van der Waals surface area contributed by atoms with Gasteiger partial charge in [0.2, 0.25) is 5.95 Å². The molecule has 0 amide bonds. The molecule has 0 radical (unpaired) electrons. The molecule has 1 N–H and O–H groups in total. The lowest BCUT2D eigenvalue weighted by Gasteiger charge is -2.09. The molecule has 0 aliphatic carbocycles. The molecular weight excluding hydrogens is 501 g/mol. The molecule has 11 heteroatoms. The highest BCUT2D eigenvalue weighted by Gasteiger charge is 2.20. The van der Waals surface area contributed by atoms with Gasteiger partial charge in [0.25, 0.3) is 0 Å². The van der Waals surface area contributed by atoms with Crippen molar-refractivity contribution in [1.82, 2.24) is 19.4 Å². The van der Waals surface area contributed by atoms with Crippen LogP contribution in [0.3, 0.4) is 0 Å². The lowest BCUT2D eigenvalue weighted by Crippen LogP contribution is -2.13. The molecule has 0 aliphatic rings. The van der Waals surface area contributed by atoms with Gasteiger partial charge in [-0.3, -0.25) is 4.40 Å². The quantitative estimate of drug-likeness (QED) is 0.273. The van der Waals surface area contributed by atoms with Crippen LogP contribution in [0.4, 0.5) is 10.3 Å². The molecular formula is C25H22FN5O3S2. The predicted octanol–water partition coefficient (Wildman–Crippen LogP) is 4.94. The first-order valence-corrected chi connectivity index (χ1v) is 13.6. The molecule has 0 atom stereocenters. The number of nitrogens with one attached hydrogen (secondary N) is 1. The Labute approximate surface area is 211 Å². The van der Waals surface area contributed by atoms with Gasteiger partial charge in [0.1, 0.15) is 5.69 Å². The number of rotatable bonds is 9. The van der Waals surface area contributed by atoms with Crippen LogP contribution in [0.15, 0.2) is 77.3 Å². The number of fused-ring (bicyclic) bond motifs is 1. The average Bonchev–Trinajstić information content (AvgIpc) is 3.49. The largest absolute Gasteiger partial charge is 0.494 e. The van der Waals surface area contributed by atoms with Crippen molar-refractivity contribution in [3.63, 3.8) is 0 Å². The SMILES string of the molecule is COc1cc(-c2nc3sccn3c2-c2ccnc(NCCCS(=O)(=O)c3ccccc3)n2)ccc1F. The summed E-state index contributed by atoms with van der Waals surface area (Å²) in [7, 11) is -1.93. The standard InChI is InChI=1S/C25H22FN5O3S2/c1-34-21-16-17(8-9-19(21)26)22-23(31-13-14-35-25(31)30-22)20-10-12-28-24(29-20)27-11-5-15-36(32,33)18-6-3-2-4-7-18/h2-4,6-10,12-14,16H,5,11,15H2,1H3,(H,27,28,29). The summed E-state index contributed by atoms with van der Waals surface area (Å²) in [6.07, 6.45) is 3.93. The Kier molecular flexibility index (Phi) is 6.66. The van der Waals surface area contributed by atoms with E-state index in [2.05, 4.69) is 15.3 Å². The Balaban J connectivity index is 1.38. The molecule has 0 aliphatic heterocycles. The molecule has 0 saturated carbocycles. The zero-order chi connectivity index (χ0) is 25.1. The van der Waals surface area contributed by atoms with E-state index in [0.29, 0.717) is 40.8 Å². The Morgan fingerprint density at radius 2 is 1.94 bits per heavy atom. The van der Waals surface area contributed by atoms with Gasteiger partial charge >= 0.3 is 0 Å². The number of aromatic nitrogens is 4.